The van der Waals surface area contributed by atoms with Gasteiger partial charge >= 0.3 is 0 Å². The van der Waals surface area contributed by atoms with E-state index >= 15 is 0 Å². The van der Waals surface area contributed by atoms with Crippen molar-refractivity contribution in [2.24, 2.45) is 0 Å². The van der Waals surface area contributed by atoms with Gasteiger partial charge in [-0.1, -0.05) is 19.4 Å². The zero-order chi connectivity index (χ0) is 14.3. The maximum atomic E-state index is 11.7. The third-order valence-corrected chi connectivity index (χ3v) is 3.23. The summed E-state index contributed by atoms with van der Waals surface area (Å²) in [5.41, 5.74) is 1.78. The van der Waals surface area contributed by atoms with E-state index in [0.29, 0.717) is 12.2 Å². The van der Waals surface area contributed by atoms with Crippen LogP contribution in [0.25, 0.3) is 0 Å². The van der Waals surface area contributed by atoms with Gasteiger partial charge in [-0.15, -0.1) is 0 Å². The molecular formula is C14H19BrN2O2. The van der Waals surface area contributed by atoms with E-state index in [1.54, 1.807) is 0 Å². The molecule has 0 spiro atoms. The largest absolute Gasteiger partial charge is 0.356 e. The average molecular weight is 327 g/mol. The molecule has 1 aromatic rings. The molecule has 0 aliphatic carbocycles. The predicted octanol–water partition coefficient (Wildman–Crippen LogP) is 3.00. The maximum Gasteiger partial charge on any atom is 0.233 e. The topological polar surface area (TPSA) is 58.2 Å². The highest BCUT2D eigenvalue weighted by atomic mass is 79.9. The molecule has 5 heteroatoms. The maximum absolute atomic E-state index is 11.7. The van der Waals surface area contributed by atoms with Crippen LogP contribution < -0.4 is 10.6 Å². The molecule has 1 rings (SSSR count). The van der Waals surface area contributed by atoms with Gasteiger partial charge in [0.15, 0.2) is 0 Å². The minimum atomic E-state index is -0.307. The summed E-state index contributed by atoms with van der Waals surface area (Å²) < 4.78 is 0.812. The number of hydrogen-bond donors (Lipinski definition) is 2. The normalized spacial score (nSPS) is 10.1. The lowest BCUT2D eigenvalue weighted by Crippen LogP contribution is -2.28. The van der Waals surface area contributed by atoms with E-state index in [1.165, 1.54) is 0 Å². The Morgan fingerprint density at radius 3 is 2.63 bits per heavy atom. The molecule has 0 saturated heterocycles. The number of anilines is 1. The Hall–Kier alpha value is -1.36. The molecule has 0 aromatic heterocycles. The summed E-state index contributed by atoms with van der Waals surface area (Å²) in [5.74, 6) is -0.548. The molecule has 1 aromatic carbocycles. The Bertz CT molecular complexity index is 461. The molecule has 0 unspecified atom stereocenters. The predicted molar refractivity (Wildman–Crippen MR) is 80.0 cm³/mol. The molecule has 0 saturated carbocycles. The summed E-state index contributed by atoms with van der Waals surface area (Å²) >= 11 is 3.38. The molecule has 4 nitrogen and oxygen atoms in total. The third kappa shape index (κ3) is 5.87. The van der Waals surface area contributed by atoms with E-state index in [2.05, 4.69) is 26.6 Å². The number of unbranched alkanes of at least 4 members (excludes halogenated alkanes) is 1. The number of halogens is 1. The molecule has 2 amide bonds. The second-order valence-corrected chi connectivity index (χ2v) is 5.27. The standard InChI is InChI=1S/C14H19BrN2O2/c1-3-4-7-16-13(18)9-14(19)17-12-6-5-10(2)8-11(12)15/h5-6,8H,3-4,7,9H2,1-2H3,(H,16,18)(H,17,19). The second-order valence-electron chi connectivity index (χ2n) is 4.41. The fraction of sp³-hybridized carbons (Fsp3) is 0.429. The van der Waals surface area contributed by atoms with E-state index in [9.17, 15) is 9.59 Å². The first kappa shape index (κ1) is 15.7. The minimum Gasteiger partial charge on any atom is -0.356 e. The van der Waals surface area contributed by atoms with Gasteiger partial charge in [-0.05, 0) is 47.0 Å². The van der Waals surface area contributed by atoms with Crippen LogP contribution in [0.15, 0.2) is 22.7 Å². The summed E-state index contributed by atoms with van der Waals surface area (Å²) in [5, 5.41) is 5.42. The Kier molecular flexibility index (Phi) is 6.56. The molecule has 0 fully saturated rings. The summed E-state index contributed by atoms with van der Waals surface area (Å²) in [6.07, 6.45) is 1.80. The van der Waals surface area contributed by atoms with Crippen LogP contribution in [0, 0.1) is 6.92 Å². The van der Waals surface area contributed by atoms with Crippen molar-refractivity contribution >= 4 is 33.4 Å². The van der Waals surface area contributed by atoms with Crippen LogP contribution in [0.2, 0.25) is 0 Å². The molecule has 0 aliphatic heterocycles. The van der Waals surface area contributed by atoms with Gasteiger partial charge in [0.05, 0.1) is 5.69 Å². The van der Waals surface area contributed by atoms with Crippen LogP contribution >= 0.6 is 15.9 Å². The van der Waals surface area contributed by atoms with Crippen molar-refractivity contribution < 1.29 is 9.59 Å². The number of carbonyl (C=O) groups is 2. The van der Waals surface area contributed by atoms with E-state index < -0.39 is 0 Å². The van der Waals surface area contributed by atoms with Crippen molar-refractivity contribution in [3.8, 4) is 0 Å². The van der Waals surface area contributed by atoms with Crippen LogP contribution in [0.1, 0.15) is 31.7 Å². The molecule has 0 bridgehead atoms. The van der Waals surface area contributed by atoms with Crippen LogP contribution in [0.5, 0.6) is 0 Å². The first-order valence-corrected chi connectivity index (χ1v) is 7.15. The molecular weight excluding hydrogens is 308 g/mol. The number of hydrogen-bond acceptors (Lipinski definition) is 2. The fourth-order valence-corrected chi connectivity index (χ4v) is 2.12. The number of carbonyl (C=O) groups excluding carboxylic acids is 2. The van der Waals surface area contributed by atoms with Crippen LogP contribution in [0.3, 0.4) is 0 Å². The lowest BCUT2D eigenvalue weighted by Gasteiger charge is -2.08. The zero-order valence-corrected chi connectivity index (χ0v) is 12.8. The van der Waals surface area contributed by atoms with Gasteiger partial charge in [0, 0.05) is 11.0 Å². The quantitative estimate of drug-likeness (QED) is 0.623. The van der Waals surface area contributed by atoms with E-state index in [4.69, 9.17) is 0 Å². The SMILES string of the molecule is CCCCNC(=O)CC(=O)Nc1ccc(C)cc1Br. The smallest absolute Gasteiger partial charge is 0.233 e. The molecule has 19 heavy (non-hydrogen) atoms. The average Bonchev–Trinajstić information content (AvgIpc) is 2.33. The van der Waals surface area contributed by atoms with Gasteiger partial charge in [-0.3, -0.25) is 9.59 Å². The van der Waals surface area contributed by atoms with E-state index in [0.717, 1.165) is 22.9 Å². The number of nitrogens with one attached hydrogen (secondary N) is 2. The lowest BCUT2D eigenvalue weighted by atomic mass is 10.2. The summed E-state index contributed by atoms with van der Waals surface area (Å²) in [7, 11) is 0. The van der Waals surface area contributed by atoms with Crippen molar-refractivity contribution in [1.29, 1.82) is 0 Å². The summed E-state index contributed by atoms with van der Waals surface area (Å²) in [6.45, 7) is 4.64. The fourth-order valence-electron chi connectivity index (χ4n) is 1.53. The molecule has 2 N–H and O–H groups in total. The summed E-state index contributed by atoms with van der Waals surface area (Å²) in [4.78, 5) is 23.2. The molecule has 0 aliphatic rings. The third-order valence-electron chi connectivity index (χ3n) is 2.57. The first-order chi connectivity index (χ1) is 9.02. The summed E-state index contributed by atoms with van der Waals surface area (Å²) in [6, 6.07) is 5.63. The van der Waals surface area contributed by atoms with Crippen molar-refractivity contribution in [3.05, 3.63) is 28.2 Å². The van der Waals surface area contributed by atoms with E-state index in [-0.39, 0.29) is 18.2 Å². The van der Waals surface area contributed by atoms with Crippen LogP contribution in [0.4, 0.5) is 5.69 Å². The number of rotatable bonds is 6. The van der Waals surface area contributed by atoms with Gasteiger partial charge in [0.25, 0.3) is 0 Å². The van der Waals surface area contributed by atoms with Gasteiger partial charge < -0.3 is 10.6 Å². The number of benzene rings is 1. The lowest BCUT2D eigenvalue weighted by molar-refractivity contribution is -0.126. The van der Waals surface area contributed by atoms with Crippen molar-refractivity contribution in [2.45, 2.75) is 33.1 Å². The Morgan fingerprint density at radius 2 is 2.00 bits per heavy atom. The van der Waals surface area contributed by atoms with Crippen molar-refractivity contribution in [3.63, 3.8) is 0 Å². The van der Waals surface area contributed by atoms with Gasteiger partial charge in [-0.25, -0.2) is 0 Å². The molecule has 104 valence electrons. The van der Waals surface area contributed by atoms with Crippen LogP contribution in [-0.4, -0.2) is 18.4 Å². The zero-order valence-electron chi connectivity index (χ0n) is 11.3. The second kappa shape index (κ2) is 7.94. The van der Waals surface area contributed by atoms with Crippen LogP contribution in [-0.2, 0) is 9.59 Å². The van der Waals surface area contributed by atoms with Crippen molar-refractivity contribution in [1.82, 2.24) is 5.32 Å². The molecule has 0 heterocycles. The Morgan fingerprint density at radius 1 is 1.26 bits per heavy atom. The van der Waals surface area contributed by atoms with Crippen molar-refractivity contribution in [2.75, 3.05) is 11.9 Å². The Labute approximate surface area is 122 Å². The monoisotopic (exact) mass is 326 g/mol. The highest BCUT2D eigenvalue weighted by Crippen LogP contribution is 2.23. The Balaban J connectivity index is 2.44. The minimum absolute atomic E-state index is 0.149. The molecule has 0 radical (unpaired) electrons. The first-order valence-electron chi connectivity index (χ1n) is 6.35. The number of amides is 2. The van der Waals surface area contributed by atoms with E-state index in [1.807, 2.05) is 32.0 Å². The molecule has 0 atom stereocenters. The van der Waals surface area contributed by atoms with Gasteiger partial charge in [0.1, 0.15) is 6.42 Å². The van der Waals surface area contributed by atoms with Gasteiger partial charge in [0.2, 0.25) is 11.8 Å². The highest BCUT2D eigenvalue weighted by molar-refractivity contribution is 9.10. The number of aryl methyl sites for hydroxylation is 1. The van der Waals surface area contributed by atoms with Gasteiger partial charge in [-0.2, -0.15) is 0 Å². The highest BCUT2D eigenvalue weighted by Gasteiger charge is 2.10.